The number of carbonyl (C=O) groups is 2. The van der Waals surface area contributed by atoms with Crippen molar-refractivity contribution in [2.75, 3.05) is 13.2 Å². The normalized spacial score (nSPS) is 26.4. The van der Waals surface area contributed by atoms with E-state index < -0.39 is 32.8 Å². The summed E-state index contributed by atoms with van der Waals surface area (Å²) >= 11 is 0. The number of carbonyl (C=O) groups excluding carboxylic acids is 2. The van der Waals surface area contributed by atoms with Crippen LogP contribution in [0.25, 0.3) is 0 Å². The van der Waals surface area contributed by atoms with Gasteiger partial charge in [0.05, 0.1) is 18.8 Å². The van der Waals surface area contributed by atoms with E-state index in [9.17, 15) is 9.59 Å². The van der Waals surface area contributed by atoms with Crippen molar-refractivity contribution in [2.24, 2.45) is 0 Å². The topological polar surface area (TPSA) is 71.1 Å². The third-order valence-electron chi connectivity index (χ3n) is 5.61. The highest BCUT2D eigenvalue weighted by Gasteiger charge is 2.65. The van der Waals surface area contributed by atoms with Crippen LogP contribution < -0.4 is 0 Å². The molecule has 1 aliphatic heterocycles. The maximum Gasteiger partial charge on any atom is 0.333 e. The minimum atomic E-state index is -2.28. The van der Waals surface area contributed by atoms with Gasteiger partial charge in [-0.15, -0.1) is 0 Å². The SMILES string of the molecule is CCCOC(C)(OC(=O)C=CC(=O)OCC)[Si]1(C)CCC(C)(C)O[Si]1(C)C. The molecular weight excluding hydrogens is 380 g/mol. The van der Waals surface area contributed by atoms with Crippen LogP contribution in [0.3, 0.4) is 0 Å². The van der Waals surface area contributed by atoms with Crippen LogP contribution in [0.15, 0.2) is 12.2 Å². The van der Waals surface area contributed by atoms with E-state index in [-0.39, 0.29) is 12.2 Å². The van der Waals surface area contributed by atoms with Gasteiger partial charge in [-0.3, -0.25) is 0 Å². The van der Waals surface area contributed by atoms with Crippen molar-refractivity contribution >= 4 is 27.4 Å². The van der Waals surface area contributed by atoms with Gasteiger partial charge in [-0.25, -0.2) is 9.59 Å². The van der Waals surface area contributed by atoms with Gasteiger partial charge in [0.25, 0.3) is 0 Å². The van der Waals surface area contributed by atoms with Gasteiger partial charge in [0.2, 0.25) is 0 Å². The lowest BCUT2D eigenvalue weighted by Crippen LogP contribution is -2.76. The predicted octanol–water partition coefficient (Wildman–Crippen LogP) is 3.89. The molecule has 27 heavy (non-hydrogen) atoms. The van der Waals surface area contributed by atoms with E-state index in [2.05, 4.69) is 33.5 Å². The zero-order valence-corrected chi connectivity index (χ0v) is 20.1. The van der Waals surface area contributed by atoms with E-state index in [0.717, 1.165) is 31.0 Å². The Balaban J connectivity index is 3.11. The summed E-state index contributed by atoms with van der Waals surface area (Å²) in [5, 5.41) is 0. The van der Waals surface area contributed by atoms with Crippen molar-refractivity contribution in [3.63, 3.8) is 0 Å². The van der Waals surface area contributed by atoms with Crippen LogP contribution in [0.2, 0.25) is 25.7 Å². The molecule has 156 valence electrons. The molecule has 1 saturated heterocycles. The molecule has 0 radical (unpaired) electrons. The second kappa shape index (κ2) is 9.02. The molecular formula is C19H36O6Si2. The molecule has 0 N–H and O–H groups in total. The summed E-state index contributed by atoms with van der Waals surface area (Å²) in [5.74, 6) is -1.16. The first-order valence-electron chi connectivity index (χ1n) is 9.74. The second-order valence-corrected chi connectivity index (χ2v) is 22.7. The van der Waals surface area contributed by atoms with E-state index in [1.807, 2.05) is 13.8 Å². The van der Waals surface area contributed by atoms with Gasteiger partial charge in [-0.1, -0.05) is 13.5 Å². The van der Waals surface area contributed by atoms with Crippen LogP contribution in [0, 0.1) is 0 Å². The fraction of sp³-hybridized carbons (Fsp3) is 0.789. The largest absolute Gasteiger partial charge is 0.463 e. The smallest absolute Gasteiger partial charge is 0.333 e. The first-order chi connectivity index (χ1) is 12.3. The van der Waals surface area contributed by atoms with Gasteiger partial charge in [0.1, 0.15) is 0 Å². The Hall–Kier alpha value is -0.966. The van der Waals surface area contributed by atoms with E-state index in [1.165, 1.54) is 0 Å². The highest BCUT2D eigenvalue weighted by molar-refractivity contribution is 7.39. The quantitative estimate of drug-likeness (QED) is 0.259. The van der Waals surface area contributed by atoms with Gasteiger partial charge < -0.3 is 18.6 Å². The summed E-state index contributed by atoms with van der Waals surface area (Å²) in [4.78, 5) is 23.9. The molecule has 0 aromatic carbocycles. The minimum Gasteiger partial charge on any atom is -0.463 e. The lowest BCUT2D eigenvalue weighted by molar-refractivity contribution is -0.188. The Morgan fingerprint density at radius 2 is 1.74 bits per heavy atom. The monoisotopic (exact) mass is 416 g/mol. The Kier molecular flexibility index (Phi) is 8.04. The molecule has 1 heterocycles. The maximum absolute atomic E-state index is 12.5. The Morgan fingerprint density at radius 3 is 2.26 bits per heavy atom. The molecule has 0 spiro atoms. The van der Waals surface area contributed by atoms with Gasteiger partial charge >= 0.3 is 11.9 Å². The fourth-order valence-corrected chi connectivity index (χ4v) is 16.7. The number of hydrogen-bond donors (Lipinski definition) is 0. The van der Waals surface area contributed by atoms with Gasteiger partial charge in [-0.05, 0) is 59.7 Å². The minimum absolute atomic E-state index is 0.165. The van der Waals surface area contributed by atoms with Crippen LogP contribution >= 0.6 is 0 Å². The third-order valence-corrected chi connectivity index (χ3v) is 23.2. The highest BCUT2D eigenvalue weighted by Crippen LogP contribution is 2.45. The van der Waals surface area contributed by atoms with Crippen LogP contribution in [0.1, 0.15) is 47.5 Å². The Bertz CT molecular complexity index is 575. The van der Waals surface area contributed by atoms with Crippen molar-refractivity contribution in [1.82, 2.24) is 0 Å². The molecule has 0 aliphatic carbocycles. The molecule has 0 bridgehead atoms. The summed E-state index contributed by atoms with van der Waals surface area (Å²) in [6.07, 6.45) is 3.95. The number of esters is 2. The Morgan fingerprint density at radius 1 is 1.15 bits per heavy atom. The van der Waals surface area contributed by atoms with Crippen LogP contribution in [-0.4, -0.2) is 51.6 Å². The molecule has 0 aromatic rings. The lowest BCUT2D eigenvalue weighted by atomic mass is 10.1. The first-order valence-corrected chi connectivity index (χ1v) is 16.4. The summed E-state index contributed by atoms with van der Waals surface area (Å²) in [6.45, 7) is 17.2. The molecule has 6 nitrogen and oxygen atoms in total. The van der Waals surface area contributed by atoms with Crippen LogP contribution in [0.4, 0.5) is 0 Å². The van der Waals surface area contributed by atoms with Crippen molar-refractivity contribution in [3.05, 3.63) is 12.2 Å². The second-order valence-electron chi connectivity index (χ2n) is 8.50. The average Bonchev–Trinajstić information content (AvgIpc) is 2.54. The molecule has 1 aliphatic rings. The molecule has 2 unspecified atom stereocenters. The molecule has 8 heteroatoms. The van der Waals surface area contributed by atoms with Crippen molar-refractivity contribution < 1.29 is 28.2 Å². The molecule has 2 atom stereocenters. The van der Waals surface area contributed by atoms with E-state index in [0.29, 0.717) is 6.61 Å². The van der Waals surface area contributed by atoms with E-state index in [4.69, 9.17) is 18.6 Å². The maximum atomic E-state index is 12.5. The molecule has 0 aromatic heterocycles. The zero-order chi connectivity index (χ0) is 20.9. The molecule has 1 fully saturated rings. The zero-order valence-electron chi connectivity index (χ0n) is 18.1. The van der Waals surface area contributed by atoms with Crippen LogP contribution in [-0.2, 0) is 28.2 Å². The number of ether oxygens (including phenoxy) is 3. The average molecular weight is 417 g/mol. The summed E-state index contributed by atoms with van der Waals surface area (Å²) in [7, 11) is -4.45. The summed E-state index contributed by atoms with van der Waals surface area (Å²) in [6, 6.07) is 0.967. The van der Waals surface area contributed by atoms with Crippen molar-refractivity contribution in [1.29, 1.82) is 0 Å². The lowest BCUT2D eigenvalue weighted by Gasteiger charge is -2.56. The highest BCUT2D eigenvalue weighted by atomic mass is 29.3. The fourth-order valence-electron chi connectivity index (χ4n) is 3.63. The molecule has 0 saturated carbocycles. The van der Waals surface area contributed by atoms with Crippen LogP contribution in [0.5, 0.6) is 0 Å². The van der Waals surface area contributed by atoms with Crippen molar-refractivity contribution in [3.8, 4) is 0 Å². The summed E-state index contributed by atoms with van der Waals surface area (Å²) in [5.41, 5.74) is -1.17. The van der Waals surface area contributed by atoms with Gasteiger partial charge in [-0.2, -0.15) is 0 Å². The van der Waals surface area contributed by atoms with E-state index >= 15 is 0 Å². The standard InChI is InChI=1S/C19H36O6Si2/c1-9-14-23-19(5,24-17(21)12-11-16(20)22-10-2)27(8)15-13-18(3,4)25-26(27,6)7/h11-12H,9-10,13-15H2,1-8H3. The van der Waals surface area contributed by atoms with Gasteiger partial charge in [0.15, 0.2) is 20.8 Å². The predicted molar refractivity (Wildman–Crippen MR) is 110 cm³/mol. The third kappa shape index (κ3) is 5.76. The number of rotatable bonds is 8. The summed E-state index contributed by atoms with van der Waals surface area (Å²) < 4.78 is 23.4. The molecule has 0 amide bonds. The molecule has 1 rings (SSSR count). The van der Waals surface area contributed by atoms with Crippen molar-refractivity contribution in [2.45, 2.75) is 84.2 Å². The Labute approximate surface area is 165 Å². The first kappa shape index (κ1) is 24.1. The van der Waals surface area contributed by atoms with E-state index in [1.54, 1.807) is 6.92 Å². The number of hydrogen-bond acceptors (Lipinski definition) is 6. The van der Waals surface area contributed by atoms with Gasteiger partial charge in [0, 0.05) is 12.2 Å².